The fourth-order valence-electron chi connectivity index (χ4n) is 2.05. The number of methoxy groups -OCH3 is 1. The molecule has 1 unspecified atom stereocenters. The number of anilines is 1. The maximum Gasteiger partial charge on any atom is 0.242 e. The van der Waals surface area contributed by atoms with Crippen molar-refractivity contribution in [2.24, 2.45) is 0 Å². The first-order valence-corrected chi connectivity index (χ1v) is 6.77. The van der Waals surface area contributed by atoms with Gasteiger partial charge in [-0.25, -0.2) is 9.97 Å². The van der Waals surface area contributed by atoms with Gasteiger partial charge >= 0.3 is 0 Å². The molecule has 1 saturated heterocycles. The highest BCUT2D eigenvalue weighted by Crippen LogP contribution is 2.13. The Balaban J connectivity index is 1.92. The fraction of sp³-hybridized carbons (Fsp3) is 0.615. The van der Waals surface area contributed by atoms with Crippen LogP contribution in [0.3, 0.4) is 0 Å². The van der Waals surface area contributed by atoms with Gasteiger partial charge in [-0.3, -0.25) is 4.79 Å². The van der Waals surface area contributed by atoms with Crippen molar-refractivity contribution in [3.63, 3.8) is 0 Å². The van der Waals surface area contributed by atoms with Gasteiger partial charge in [0.15, 0.2) is 0 Å². The van der Waals surface area contributed by atoms with E-state index in [1.54, 1.807) is 19.5 Å². The van der Waals surface area contributed by atoms with Crippen LogP contribution in [0.1, 0.15) is 12.5 Å². The average Bonchev–Trinajstić information content (AvgIpc) is 2.47. The Morgan fingerprint density at radius 1 is 1.50 bits per heavy atom. The fourth-order valence-corrected chi connectivity index (χ4v) is 2.05. The molecule has 20 heavy (non-hydrogen) atoms. The Kier molecular flexibility index (Phi) is 5.25. The molecule has 0 aromatic carbocycles. The summed E-state index contributed by atoms with van der Waals surface area (Å²) in [5.74, 6) is 0.623. The molecular weight excluding hydrogens is 258 g/mol. The van der Waals surface area contributed by atoms with Crippen molar-refractivity contribution in [3.8, 4) is 0 Å². The molecule has 7 nitrogen and oxygen atoms in total. The number of hydrogen-bond donors (Lipinski definition) is 2. The van der Waals surface area contributed by atoms with E-state index in [4.69, 9.17) is 4.74 Å². The van der Waals surface area contributed by atoms with Gasteiger partial charge in [-0.2, -0.15) is 0 Å². The number of carbonyl (C=O) groups is 1. The monoisotopic (exact) mass is 279 g/mol. The van der Waals surface area contributed by atoms with E-state index >= 15 is 0 Å². The normalized spacial score (nSPS) is 19.0. The lowest BCUT2D eigenvalue weighted by atomic mass is 10.2. The zero-order valence-corrected chi connectivity index (χ0v) is 11.9. The van der Waals surface area contributed by atoms with E-state index in [-0.39, 0.29) is 11.9 Å². The second-order valence-corrected chi connectivity index (χ2v) is 4.72. The summed E-state index contributed by atoms with van der Waals surface area (Å²) in [6.07, 6.45) is 3.59. The van der Waals surface area contributed by atoms with Crippen LogP contribution in [-0.2, 0) is 16.1 Å². The smallest absolute Gasteiger partial charge is 0.242 e. The topological polar surface area (TPSA) is 79.4 Å². The summed E-state index contributed by atoms with van der Waals surface area (Å²) in [6.45, 7) is 5.41. The van der Waals surface area contributed by atoms with Crippen molar-refractivity contribution >= 4 is 11.9 Å². The standard InChI is InChI=1S/C13H21N5O2/c1-10-12(19)15-3-5-18(10)13-16-8-11(9-17-13)7-14-4-6-20-2/h8-10,14H,3-7H2,1-2H3,(H,15,19). The molecule has 1 aromatic rings. The van der Waals surface area contributed by atoms with Crippen molar-refractivity contribution in [1.29, 1.82) is 0 Å². The minimum Gasteiger partial charge on any atom is -0.383 e. The SMILES string of the molecule is COCCNCc1cnc(N2CCNC(=O)C2C)nc1. The van der Waals surface area contributed by atoms with Crippen LogP contribution in [-0.4, -0.2) is 55.3 Å². The molecule has 1 fully saturated rings. The Bertz CT molecular complexity index is 437. The summed E-state index contributed by atoms with van der Waals surface area (Å²) in [4.78, 5) is 22.2. The number of nitrogens with zero attached hydrogens (tertiary/aromatic N) is 3. The van der Waals surface area contributed by atoms with Crippen LogP contribution in [0.25, 0.3) is 0 Å². The molecular formula is C13H21N5O2. The van der Waals surface area contributed by atoms with Gasteiger partial charge in [-0.05, 0) is 6.92 Å². The quantitative estimate of drug-likeness (QED) is 0.686. The van der Waals surface area contributed by atoms with Gasteiger partial charge in [0.25, 0.3) is 0 Å². The van der Waals surface area contributed by atoms with Crippen molar-refractivity contribution in [1.82, 2.24) is 20.6 Å². The second-order valence-electron chi connectivity index (χ2n) is 4.72. The van der Waals surface area contributed by atoms with E-state index in [1.807, 2.05) is 11.8 Å². The highest BCUT2D eigenvalue weighted by Gasteiger charge is 2.27. The predicted octanol–water partition coefficient (Wildman–Crippen LogP) is -0.463. The van der Waals surface area contributed by atoms with Crippen molar-refractivity contribution in [2.45, 2.75) is 19.5 Å². The summed E-state index contributed by atoms with van der Waals surface area (Å²) >= 11 is 0. The average molecular weight is 279 g/mol. The summed E-state index contributed by atoms with van der Waals surface area (Å²) in [5.41, 5.74) is 1.01. The lowest BCUT2D eigenvalue weighted by Gasteiger charge is -2.32. The van der Waals surface area contributed by atoms with Crippen molar-refractivity contribution in [2.75, 3.05) is 38.3 Å². The van der Waals surface area contributed by atoms with Crippen LogP contribution < -0.4 is 15.5 Å². The zero-order valence-electron chi connectivity index (χ0n) is 11.9. The number of aromatic nitrogens is 2. The molecule has 0 saturated carbocycles. The van der Waals surface area contributed by atoms with Gasteiger partial charge in [-0.1, -0.05) is 0 Å². The molecule has 2 rings (SSSR count). The number of amides is 1. The Morgan fingerprint density at radius 3 is 2.95 bits per heavy atom. The number of nitrogens with one attached hydrogen (secondary N) is 2. The van der Waals surface area contributed by atoms with E-state index in [2.05, 4.69) is 20.6 Å². The molecule has 0 aliphatic carbocycles. The van der Waals surface area contributed by atoms with Gasteiger partial charge in [0.05, 0.1) is 6.61 Å². The Hall–Kier alpha value is -1.73. The van der Waals surface area contributed by atoms with E-state index in [1.165, 1.54) is 0 Å². The second kappa shape index (κ2) is 7.16. The van der Waals surface area contributed by atoms with Crippen molar-refractivity contribution in [3.05, 3.63) is 18.0 Å². The largest absolute Gasteiger partial charge is 0.383 e. The molecule has 1 aromatic heterocycles. The molecule has 1 aliphatic rings. The Morgan fingerprint density at radius 2 is 2.25 bits per heavy atom. The maximum absolute atomic E-state index is 11.6. The zero-order chi connectivity index (χ0) is 14.4. The summed E-state index contributed by atoms with van der Waals surface area (Å²) in [6, 6.07) is -0.227. The first-order chi connectivity index (χ1) is 9.72. The molecule has 110 valence electrons. The van der Waals surface area contributed by atoms with Gasteiger partial charge in [0, 0.05) is 51.2 Å². The summed E-state index contributed by atoms with van der Waals surface area (Å²) in [5, 5.41) is 6.06. The van der Waals surface area contributed by atoms with E-state index in [9.17, 15) is 4.79 Å². The van der Waals surface area contributed by atoms with Crippen molar-refractivity contribution < 1.29 is 9.53 Å². The maximum atomic E-state index is 11.6. The number of carbonyl (C=O) groups excluding carboxylic acids is 1. The minimum atomic E-state index is -0.227. The number of ether oxygens (including phenoxy) is 1. The van der Waals surface area contributed by atoms with Gasteiger partial charge < -0.3 is 20.3 Å². The molecule has 1 amide bonds. The number of piperazine rings is 1. The number of rotatable bonds is 6. The number of hydrogen-bond acceptors (Lipinski definition) is 6. The first-order valence-electron chi connectivity index (χ1n) is 6.77. The molecule has 1 atom stereocenters. The molecule has 0 radical (unpaired) electrons. The molecule has 0 bridgehead atoms. The van der Waals surface area contributed by atoms with Crippen LogP contribution >= 0.6 is 0 Å². The van der Waals surface area contributed by atoms with E-state index < -0.39 is 0 Å². The molecule has 7 heteroatoms. The molecule has 2 N–H and O–H groups in total. The minimum absolute atomic E-state index is 0.0187. The lowest BCUT2D eigenvalue weighted by molar-refractivity contribution is -0.122. The molecule has 2 heterocycles. The third-order valence-electron chi connectivity index (χ3n) is 3.26. The van der Waals surface area contributed by atoms with Gasteiger partial charge in [0.2, 0.25) is 11.9 Å². The summed E-state index contributed by atoms with van der Waals surface area (Å²) < 4.78 is 4.96. The Labute approximate surface area is 118 Å². The van der Waals surface area contributed by atoms with Crippen LogP contribution in [0, 0.1) is 0 Å². The summed E-state index contributed by atoms with van der Waals surface area (Å²) in [7, 11) is 1.68. The van der Waals surface area contributed by atoms with Gasteiger partial charge in [-0.15, -0.1) is 0 Å². The molecule has 1 aliphatic heterocycles. The van der Waals surface area contributed by atoms with E-state index in [0.29, 0.717) is 25.6 Å². The highest BCUT2D eigenvalue weighted by molar-refractivity contribution is 5.85. The predicted molar refractivity (Wildman–Crippen MR) is 75.4 cm³/mol. The van der Waals surface area contributed by atoms with E-state index in [0.717, 1.165) is 18.7 Å². The van der Waals surface area contributed by atoms with Crippen LogP contribution in [0.4, 0.5) is 5.95 Å². The van der Waals surface area contributed by atoms with Crippen LogP contribution in [0.2, 0.25) is 0 Å². The highest BCUT2D eigenvalue weighted by atomic mass is 16.5. The lowest BCUT2D eigenvalue weighted by Crippen LogP contribution is -2.54. The third kappa shape index (κ3) is 3.64. The first kappa shape index (κ1) is 14.7. The van der Waals surface area contributed by atoms with Crippen LogP contribution in [0.5, 0.6) is 0 Å². The third-order valence-corrected chi connectivity index (χ3v) is 3.26. The van der Waals surface area contributed by atoms with Gasteiger partial charge in [0.1, 0.15) is 6.04 Å². The van der Waals surface area contributed by atoms with Crippen LogP contribution in [0.15, 0.2) is 12.4 Å². The molecule has 0 spiro atoms.